The topological polar surface area (TPSA) is 98.6 Å². The van der Waals surface area contributed by atoms with Gasteiger partial charge in [0.1, 0.15) is 6.04 Å². The van der Waals surface area contributed by atoms with E-state index in [1.807, 2.05) is 0 Å². The van der Waals surface area contributed by atoms with Crippen LogP contribution in [0.1, 0.15) is 19.3 Å². The van der Waals surface area contributed by atoms with Crippen molar-refractivity contribution in [3.63, 3.8) is 0 Å². The lowest BCUT2D eigenvalue weighted by Crippen LogP contribution is -2.42. The van der Waals surface area contributed by atoms with Crippen LogP contribution in [0.25, 0.3) is 0 Å². The number of carboxylic acids is 1. The summed E-state index contributed by atoms with van der Waals surface area (Å²) in [4.78, 5) is 10.5. The van der Waals surface area contributed by atoms with Gasteiger partial charge < -0.3 is 21.3 Å². The second-order valence-corrected chi connectivity index (χ2v) is 3.79. The highest BCUT2D eigenvalue weighted by molar-refractivity contribution is 5.73. The fourth-order valence-electron chi connectivity index (χ4n) is 1.73. The summed E-state index contributed by atoms with van der Waals surface area (Å²) in [5, 5.41) is 8.62. The second kappa shape index (κ2) is 5.29. The predicted octanol–water partition coefficient (Wildman–Crippen LogP) is -0.458. The lowest BCUT2D eigenvalue weighted by Gasteiger charge is -2.28. The molecular formula is C9H18N2O3. The molecule has 5 heteroatoms. The maximum absolute atomic E-state index is 10.5. The van der Waals surface area contributed by atoms with Crippen LogP contribution in [0.2, 0.25) is 0 Å². The van der Waals surface area contributed by atoms with Gasteiger partial charge in [-0.15, -0.1) is 0 Å². The van der Waals surface area contributed by atoms with E-state index in [0.29, 0.717) is 12.3 Å². The van der Waals surface area contributed by atoms with Crippen LogP contribution in [0.5, 0.6) is 0 Å². The van der Waals surface area contributed by atoms with Gasteiger partial charge >= 0.3 is 5.97 Å². The Morgan fingerprint density at radius 1 is 1.43 bits per heavy atom. The van der Waals surface area contributed by atoms with Gasteiger partial charge in [-0.25, -0.2) is 0 Å². The molecule has 5 nitrogen and oxygen atoms in total. The average molecular weight is 202 g/mol. The molecule has 82 valence electrons. The van der Waals surface area contributed by atoms with Gasteiger partial charge in [-0.3, -0.25) is 4.79 Å². The predicted molar refractivity (Wildman–Crippen MR) is 51.7 cm³/mol. The highest BCUT2D eigenvalue weighted by atomic mass is 16.5. The van der Waals surface area contributed by atoms with Crippen LogP contribution >= 0.6 is 0 Å². The van der Waals surface area contributed by atoms with Crippen LogP contribution < -0.4 is 11.5 Å². The highest BCUT2D eigenvalue weighted by Gasteiger charge is 2.24. The Labute approximate surface area is 83.4 Å². The lowest BCUT2D eigenvalue weighted by atomic mass is 9.88. The van der Waals surface area contributed by atoms with Crippen molar-refractivity contribution in [1.29, 1.82) is 0 Å². The van der Waals surface area contributed by atoms with E-state index in [1.165, 1.54) is 0 Å². The summed E-state index contributed by atoms with van der Waals surface area (Å²) < 4.78 is 5.20. The van der Waals surface area contributed by atoms with Crippen molar-refractivity contribution < 1.29 is 14.6 Å². The van der Waals surface area contributed by atoms with Crippen LogP contribution in [0.3, 0.4) is 0 Å². The minimum absolute atomic E-state index is 0.120. The average Bonchev–Trinajstić information content (AvgIpc) is 2.19. The minimum Gasteiger partial charge on any atom is -0.480 e. The molecule has 2 atom stereocenters. The Balaban J connectivity index is 2.32. The molecule has 14 heavy (non-hydrogen) atoms. The lowest BCUT2D eigenvalue weighted by molar-refractivity contribution is -0.138. The van der Waals surface area contributed by atoms with E-state index in [-0.39, 0.29) is 6.04 Å². The number of hydrogen-bond acceptors (Lipinski definition) is 4. The van der Waals surface area contributed by atoms with Gasteiger partial charge in [0, 0.05) is 19.3 Å². The Morgan fingerprint density at radius 3 is 2.50 bits per heavy atom. The smallest absolute Gasteiger partial charge is 0.320 e. The molecule has 1 aliphatic rings. The van der Waals surface area contributed by atoms with Crippen molar-refractivity contribution in [2.24, 2.45) is 17.4 Å². The molecule has 5 N–H and O–H groups in total. The molecule has 0 radical (unpaired) electrons. The van der Waals surface area contributed by atoms with Crippen molar-refractivity contribution in [3.05, 3.63) is 0 Å². The van der Waals surface area contributed by atoms with E-state index in [1.54, 1.807) is 0 Å². The number of hydrogen-bond donors (Lipinski definition) is 3. The number of aliphatic carboxylic acids is 1. The standard InChI is InChI=1S/C9H18N2O3/c10-7(5-8(11)9(12)13)6-1-3-14-4-2-6/h6-8H,1-5,10-11H2,(H,12,13). The van der Waals surface area contributed by atoms with E-state index < -0.39 is 12.0 Å². The largest absolute Gasteiger partial charge is 0.480 e. The van der Waals surface area contributed by atoms with Crippen molar-refractivity contribution >= 4 is 5.97 Å². The Hall–Kier alpha value is -0.650. The Bertz CT molecular complexity index is 192. The van der Waals surface area contributed by atoms with Crippen molar-refractivity contribution in [2.45, 2.75) is 31.3 Å². The van der Waals surface area contributed by atoms with Gasteiger partial charge in [0.2, 0.25) is 0 Å². The molecule has 0 amide bonds. The molecule has 1 saturated heterocycles. The number of nitrogens with two attached hydrogens (primary N) is 2. The van der Waals surface area contributed by atoms with Gasteiger partial charge in [0.15, 0.2) is 0 Å². The fraction of sp³-hybridized carbons (Fsp3) is 0.889. The summed E-state index contributed by atoms with van der Waals surface area (Å²) >= 11 is 0. The first-order valence-electron chi connectivity index (χ1n) is 4.93. The Morgan fingerprint density at radius 2 is 2.00 bits per heavy atom. The van der Waals surface area contributed by atoms with E-state index in [9.17, 15) is 4.79 Å². The third kappa shape index (κ3) is 3.25. The maximum Gasteiger partial charge on any atom is 0.320 e. The van der Waals surface area contributed by atoms with Crippen LogP contribution in [0, 0.1) is 5.92 Å². The van der Waals surface area contributed by atoms with Crippen molar-refractivity contribution in [3.8, 4) is 0 Å². The van der Waals surface area contributed by atoms with E-state index in [4.69, 9.17) is 21.3 Å². The molecule has 1 heterocycles. The second-order valence-electron chi connectivity index (χ2n) is 3.79. The van der Waals surface area contributed by atoms with E-state index >= 15 is 0 Å². The van der Waals surface area contributed by atoms with Gasteiger partial charge in [-0.1, -0.05) is 0 Å². The summed E-state index contributed by atoms with van der Waals surface area (Å²) in [6, 6.07) is -0.960. The molecular weight excluding hydrogens is 184 g/mol. The van der Waals surface area contributed by atoms with Crippen molar-refractivity contribution in [1.82, 2.24) is 0 Å². The third-order valence-electron chi connectivity index (χ3n) is 2.71. The molecule has 1 fully saturated rings. The van der Waals surface area contributed by atoms with Gasteiger partial charge in [0.05, 0.1) is 0 Å². The SMILES string of the molecule is NC(CC(N)C1CCOCC1)C(=O)O. The minimum atomic E-state index is -0.979. The molecule has 0 aliphatic carbocycles. The first-order valence-corrected chi connectivity index (χ1v) is 4.93. The Kier molecular flexibility index (Phi) is 4.31. The normalized spacial score (nSPS) is 23.0. The van der Waals surface area contributed by atoms with Crippen molar-refractivity contribution in [2.75, 3.05) is 13.2 Å². The molecule has 0 bridgehead atoms. The van der Waals surface area contributed by atoms with Crippen LogP contribution in [-0.2, 0) is 9.53 Å². The summed E-state index contributed by atoms with van der Waals surface area (Å²) in [6.07, 6.45) is 2.17. The summed E-state index contributed by atoms with van der Waals surface area (Å²) in [6.45, 7) is 1.45. The van der Waals surface area contributed by atoms with E-state index in [0.717, 1.165) is 26.1 Å². The number of carbonyl (C=O) groups is 1. The fourth-order valence-corrected chi connectivity index (χ4v) is 1.73. The molecule has 1 rings (SSSR count). The molecule has 0 aromatic carbocycles. The van der Waals surface area contributed by atoms with Gasteiger partial charge in [-0.2, -0.15) is 0 Å². The first-order chi connectivity index (χ1) is 6.61. The molecule has 2 unspecified atom stereocenters. The quantitative estimate of drug-likeness (QED) is 0.573. The van der Waals surface area contributed by atoms with Gasteiger partial charge in [0.25, 0.3) is 0 Å². The van der Waals surface area contributed by atoms with Crippen LogP contribution in [0.4, 0.5) is 0 Å². The zero-order valence-corrected chi connectivity index (χ0v) is 8.19. The number of ether oxygens (including phenoxy) is 1. The molecule has 0 aromatic rings. The summed E-state index contributed by atoms with van der Waals surface area (Å²) in [5.41, 5.74) is 11.3. The molecule has 0 aromatic heterocycles. The zero-order chi connectivity index (χ0) is 10.6. The van der Waals surface area contributed by atoms with Crippen LogP contribution in [0.15, 0.2) is 0 Å². The third-order valence-corrected chi connectivity index (χ3v) is 2.71. The summed E-state index contributed by atoms with van der Waals surface area (Å²) in [7, 11) is 0. The first kappa shape index (κ1) is 11.4. The highest BCUT2D eigenvalue weighted by Crippen LogP contribution is 2.19. The number of rotatable bonds is 4. The maximum atomic E-state index is 10.5. The number of carboxylic acid groups (broad SMARTS) is 1. The zero-order valence-electron chi connectivity index (χ0n) is 8.19. The summed E-state index contributed by atoms with van der Waals surface area (Å²) in [5.74, 6) is -0.623. The van der Waals surface area contributed by atoms with Gasteiger partial charge in [-0.05, 0) is 25.2 Å². The van der Waals surface area contributed by atoms with E-state index in [2.05, 4.69) is 0 Å². The molecule has 1 aliphatic heterocycles. The molecule has 0 spiro atoms. The molecule has 0 saturated carbocycles. The van der Waals surface area contributed by atoms with Crippen LogP contribution in [-0.4, -0.2) is 36.4 Å². The monoisotopic (exact) mass is 202 g/mol.